The van der Waals surface area contributed by atoms with Crippen molar-refractivity contribution in [3.8, 4) is 5.75 Å². The molecule has 6 rings (SSSR count). The van der Waals surface area contributed by atoms with Crippen LogP contribution in [0.25, 0.3) is 10.9 Å². The van der Waals surface area contributed by atoms with Gasteiger partial charge in [-0.3, -0.25) is 19.6 Å². The summed E-state index contributed by atoms with van der Waals surface area (Å²) in [5, 5.41) is 10.2. The lowest BCUT2D eigenvalue weighted by atomic mass is 9.88. The molecule has 3 fully saturated rings. The summed E-state index contributed by atoms with van der Waals surface area (Å²) in [7, 11) is -1.12. The van der Waals surface area contributed by atoms with E-state index in [1.165, 1.54) is 12.4 Å². The molecule has 2 N–H and O–H groups in total. The molecule has 2 amide bonds. The molecule has 0 radical (unpaired) electrons. The quantitative estimate of drug-likeness (QED) is 0.207. The minimum absolute atomic E-state index is 0.0738. The number of carbonyl (C=O) groups is 2. The third kappa shape index (κ3) is 9.11. The van der Waals surface area contributed by atoms with E-state index in [0.29, 0.717) is 35.7 Å². The molecular formula is C32H39F5N8O4S. The van der Waals surface area contributed by atoms with Crippen LogP contribution >= 0.6 is 0 Å². The molecule has 5 heterocycles. The Morgan fingerprint density at radius 3 is 2.40 bits per heavy atom. The van der Waals surface area contributed by atoms with Crippen molar-refractivity contribution < 1.29 is 40.5 Å². The van der Waals surface area contributed by atoms with E-state index < -0.39 is 48.1 Å². The number of hydrogen-bond donors (Lipinski definition) is 2. The number of hydrogen-bond acceptors (Lipinski definition) is 9. The highest BCUT2D eigenvalue weighted by molar-refractivity contribution is 7.82. The number of nitrogens with one attached hydrogen (secondary N) is 2. The highest BCUT2D eigenvalue weighted by atomic mass is 32.2. The maximum absolute atomic E-state index is 13.5. The summed E-state index contributed by atoms with van der Waals surface area (Å²) >= 11 is 0. The van der Waals surface area contributed by atoms with E-state index in [1.54, 1.807) is 12.1 Å². The van der Waals surface area contributed by atoms with Crippen LogP contribution in [0.2, 0.25) is 0 Å². The number of halogens is 5. The second-order valence-corrected chi connectivity index (χ2v) is 14.5. The smallest absolute Gasteiger partial charge is 0.408 e. The molecule has 2 unspecified atom stereocenters. The van der Waals surface area contributed by atoms with Crippen LogP contribution in [0.5, 0.6) is 5.75 Å². The summed E-state index contributed by atoms with van der Waals surface area (Å²) in [5.41, 5.74) is 1.52. The van der Waals surface area contributed by atoms with Gasteiger partial charge in [0, 0.05) is 36.7 Å². The number of anilines is 1. The molecule has 0 bridgehead atoms. The number of alkyl halides is 5. The van der Waals surface area contributed by atoms with Gasteiger partial charge in [0.15, 0.2) is 5.75 Å². The fourth-order valence-corrected chi connectivity index (χ4v) is 8.20. The standard InChI is InChI=1S/C32H39F5N8O4S/c33-30(34)49-23-17-38-31(39-18-23)40-22-8-13-44(14-9-22)50(48)15-1-10-43-11-6-20(7-12-43)21-2-3-24-26(16-21)45(19-32(35,36)37)42-28(24)25-4-5-27(46)41-29(25)47/h2-3,16-18,20,22,25,30H,1,4-15,19H2,(H,38,39,40)(H,41,46,47). The van der Waals surface area contributed by atoms with Crippen molar-refractivity contribution in [3.63, 3.8) is 0 Å². The predicted molar refractivity (Wildman–Crippen MR) is 174 cm³/mol. The average Bonchev–Trinajstić information content (AvgIpc) is 3.41. The first-order valence-corrected chi connectivity index (χ1v) is 18.0. The number of piperidine rings is 3. The molecule has 0 saturated carbocycles. The largest absolute Gasteiger partial charge is 0.432 e. The molecule has 2 atom stereocenters. The SMILES string of the molecule is O=C1CCC(c2nn(CC(F)(F)F)c3cc(C4CCN(CCCS(=O)N5CCC(Nc6ncc(OC(F)F)cn6)CC5)CC4)ccc23)C(=O)N1. The average molecular weight is 727 g/mol. The number of nitrogens with zero attached hydrogens (tertiary/aromatic N) is 6. The number of aromatic nitrogens is 4. The number of amides is 2. The predicted octanol–water partition coefficient (Wildman–Crippen LogP) is 4.32. The second-order valence-electron chi connectivity index (χ2n) is 12.9. The molecule has 272 valence electrons. The highest BCUT2D eigenvalue weighted by Crippen LogP contribution is 2.35. The molecule has 12 nitrogen and oxygen atoms in total. The Labute approximate surface area is 287 Å². The van der Waals surface area contributed by atoms with Crippen molar-refractivity contribution in [1.29, 1.82) is 0 Å². The van der Waals surface area contributed by atoms with E-state index in [0.717, 1.165) is 62.0 Å². The number of carbonyl (C=O) groups excluding carboxylic acids is 2. The third-order valence-corrected chi connectivity index (χ3v) is 11.1. The fourth-order valence-electron chi connectivity index (χ4n) is 6.94. The summed E-state index contributed by atoms with van der Waals surface area (Å²) in [4.78, 5) is 34.5. The van der Waals surface area contributed by atoms with Gasteiger partial charge in [-0.05, 0) is 75.7 Å². The van der Waals surface area contributed by atoms with E-state index in [4.69, 9.17) is 0 Å². The first-order chi connectivity index (χ1) is 23.9. The van der Waals surface area contributed by atoms with Gasteiger partial charge in [0.25, 0.3) is 0 Å². The molecule has 0 aliphatic carbocycles. The van der Waals surface area contributed by atoms with Gasteiger partial charge >= 0.3 is 12.8 Å². The zero-order valence-electron chi connectivity index (χ0n) is 27.2. The van der Waals surface area contributed by atoms with Crippen molar-refractivity contribution in [2.24, 2.45) is 0 Å². The van der Waals surface area contributed by atoms with Gasteiger partial charge in [-0.1, -0.05) is 12.1 Å². The van der Waals surface area contributed by atoms with E-state index >= 15 is 0 Å². The first kappa shape index (κ1) is 36.0. The Kier molecular flexibility index (Phi) is 11.3. The number of rotatable bonds is 12. The van der Waals surface area contributed by atoms with Crippen LogP contribution in [0.4, 0.5) is 27.9 Å². The normalized spacial score (nSPS) is 21.1. The highest BCUT2D eigenvalue weighted by Gasteiger charge is 2.35. The Balaban J connectivity index is 0.962. The van der Waals surface area contributed by atoms with Crippen LogP contribution in [0.3, 0.4) is 0 Å². The molecule has 0 spiro atoms. The zero-order chi connectivity index (χ0) is 35.4. The summed E-state index contributed by atoms with van der Waals surface area (Å²) in [6.45, 7) is -0.509. The molecular weight excluding hydrogens is 687 g/mol. The van der Waals surface area contributed by atoms with E-state index in [1.807, 2.05) is 10.4 Å². The summed E-state index contributed by atoms with van der Waals surface area (Å²) in [6, 6.07) is 5.50. The monoisotopic (exact) mass is 726 g/mol. The van der Waals surface area contributed by atoms with Gasteiger partial charge in [-0.2, -0.15) is 27.1 Å². The van der Waals surface area contributed by atoms with Crippen LogP contribution in [0.1, 0.15) is 68.0 Å². The summed E-state index contributed by atoms with van der Waals surface area (Å²) in [5.74, 6) is -0.824. The van der Waals surface area contributed by atoms with Crippen LogP contribution in [-0.4, -0.2) is 102 Å². The van der Waals surface area contributed by atoms with E-state index in [-0.39, 0.29) is 36.2 Å². The first-order valence-electron chi connectivity index (χ1n) is 16.7. The molecule has 3 saturated heterocycles. The summed E-state index contributed by atoms with van der Waals surface area (Å²) < 4.78 is 85.3. The summed E-state index contributed by atoms with van der Waals surface area (Å²) in [6.07, 6.45) is 2.07. The lowest BCUT2D eigenvalue weighted by molar-refractivity contribution is -0.141. The van der Waals surface area contributed by atoms with E-state index in [9.17, 15) is 35.8 Å². The van der Waals surface area contributed by atoms with Gasteiger partial charge in [-0.15, -0.1) is 0 Å². The Hall–Kier alpha value is -3.77. The Morgan fingerprint density at radius 2 is 1.74 bits per heavy atom. The molecule has 2 aromatic heterocycles. The maximum atomic E-state index is 13.5. The van der Waals surface area contributed by atoms with Crippen LogP contribution in [0, 0.1) is 0 Å². The van der Waals surface area contributed by atoms with E-state index in [2.05, 4.69) is 35.3 Å². The number of imide groups is 1. The van der Waals surface area contributed by atoms with Crippen molar-refractivity contribution >= 4 is 39.7 Å². The fraction of sp³-hybridized carbons (Fsp3) is 0.594. The van der Waals surface area contributed by atoms with Crippen molar-refractivity contribution in [2.75, 3.05) is 43.8 Å². The van der Waals surface area contributed by atoms with Gasteiger partial charge in [0.2, 0.25) is 17.8 Å². The topological polar surface area (TPSA) is 135 Å². The van der Waals surface area contributed by atoms with Gasteiger partial charge < -0.3 is 15.0 Å². The molecule has 3 aliphatic heterocycles. The molecule has 3 aliphatic rings. The number of fused-ring (bicyclic) bond motifs is 1. The van der Waals surface area contributed by atoms with Crippen molar-refractivity contribution in [2.45, 2.75) is 82.2 Å². The molecule has 3 aromatic rings. The Morgan fingerprint density at radius 1 is 1.02 bits per heavy atom. The third-order valence-electron chi connectivity index (χ3n) is 9.48. The second kappa shape index (κ2) is 15.6. The number of benzene rings is 1. The van der Waals surface area contributed by atoms with Crippen LogP contribution < -0.4 is 15.4 Å². The van der Waals surface area contributed by atoms with Gasteiger partial charge in [0.05, 0.1) is 40.5 Å². The molecule has 18 heteroatoms. The minimum atomic E-state index is -4.50. The molecule has 50 heavy (non-hydrogen) atoms. The number of likely N-dealkylation sites (tertiary alicyclic amines) is 1. The van der Waals surface area contributed by atoms with Gasteiger partial charge in [-0.25, -0.2) is 18.5 Å². The minimum Gasteiger partial charge on any atom is -0.432 e. The lowest BCUT2D eigenvalue weighted by Crippen LogP contribution is -2.41. The Bertz CT molecular complexity index is 1680. The maximum Gasteiger partial charge on any atom is 0.408 e. The van der Waals surface area contributed by atoms with Crippen molar-refractivity contribution in [1.82, 2.24) is 34.3 Å². The van der Waals surface area contributed by atoms with Crippen molar-refractivity contribution in [3.05, 3.63) is 41.9 Å². The van der Waals surface area contributed by atoms with Crippen LogP contribution in [0.15, 0.2) is 30.6 Å². The molecule has 1 aromatic carbocycles. The van der Waals surface area contributed by atoms with Crippen LogP contribution in [-0.2, 0) is 27.1 Å². The zero-order valence-corrected chi connectivity index (χ0v) is 28.0. The van der Waals surface area contributed by atoms with Gasteiger partial charge in [0.1, 0.15) is 6.54 Å². The number of ether oxygens (including phenoxy) is 1. The lowest BCUT2D eigenvalue weighted by Gasteiger charge is -2.33.